The maximum atomic E-state index is 9.60. The Balaban J connectivity index is 0. The zero-order chi connectivity index (χ0) is 10.1. The topological polar surface area (TPSA) is 55.8 Å². The van der Waals surface area contributed by atoms with Gasteiger partial charge in [-0.05, 0) is 13.5 Å². The molecule has 0 atom stereocenters. The second kappa shape index (κ2) is 8.44. The van der Waals surface area contributed by atoms with Crippen LogP contribution in [0.1, 0.15) is 6.92 Å². The van der Waals surface area contributed by atoms with Crippen LogP contribution in [-0.2, 0) is 13.6 Å². The Hall–Kier alpha value is -0.653. The predicted molar refractivity (Wildman–Crippen MR) is 48.1 cm³/mol. The summed E-state index contributed by atoms with van der Waals surface area (Å²) in [7, 11) is 2.43. The van der Waals surface area contributed by atoms with Gasteiger partial charge in [0.05, 0.1) is 0 Å². The summed E-state index contributed by atoms with van der Waals surface area (Å²) in [5, 5.41) is 7.89. The van der Waals surface area contributed by atoms with E-state index in [9.17, 15) is 4.79 Å². The standard InChI is InChI=1S/C4H6O2.C3H9O2Si/c1-3(2)4(5)6;1-4-6(3)5-2/h1H2,2H3,(H,5,6);1-3H3. The first kappa shape index (κ1) is 13.9. The highest BCUT2D eigenvalue weighted by atomic mass is 28.3. The van der Waals surface area contributed by atoms with E-state index < -0.39 is 15.3 Å². The molecule has 0 spiro atoms. The smallest absolute Gasteiger partial charge is 0.380 e. The normalized spacial score (nSPS) is 8.75. The second-order valence-corrected chi connectivity index (χ2v) is 3.78. The second-order valence-electron chi connectivity index (χ2n) is 1.99. The summed E-state index contributed by atoms with van der Waals surface area (Å²) in [5.74, 6) is -0.935. The third kappa shape index (κ3) is 12.1. The Labute approximate surface area is 74.7 Å². The molecule has 0 aromatic heterocycles. The fourth-order valence-electron chi connectivity index (χ4n) is 0.0833. The Kier molecular flexibility index (Phi) is 9.78. The number of hydrogen-bond acceptors (Lipinski definition) is 3. The first-order valence-electron chi connectivity index (χ1n) is 3.26. The number of aliphatic carboxylic acids is 1. The van der Waals surface area contributed by atoms with E-state index >= 15 is 0 Å². The number of carbonyl (C=O) groups is 1. The van der Waals surface area contributed by atoms with Crippen LogP contribution < -0.4 is 0 Å². The van der Waals surface area contributed by atoms with Crippen molar-refractivity contribution >= 4 is 15.3 Å². The van der Waals surface area contributed by atoms with Gasteiger partial charge in [-0.3, -0.25) is 0 Å². The van der Waals surface area contributed by atoms with Crippen molar-refractivity contribution in [3.05, 3.63) is 12.2 Å². The van der Waals surface area contributed by atoms with Gasteiger partial charge in [0, 0.05) is 19.8 Å². The molecule has 0 aromatic rings. The summed E-state index contributed by atoms with van der Waals surface area (Å²) in [5.41, 5.74) is 0.176. The van der Waals surface area contributed by atoms with E-state index in [1.807, 2.05) is 6.55 Å². The molecule has 4 nitrogen and oxygen atoms in total. The quantitative estimate of drug-likeness (QED) is 0.535. The van der Waals surface area contributed by atoms with Gasteiger partial charge in [0.15, 0.2) is 0 Å². The molecule has 0 aliphatic carbocycles. The molecule has 5 heteroatoms. The number of carboxylic acid groups (broad SMARTS) is 1. The van der Waals surface area contributed by atoms with Gasteiger partial charge in [-0.2, -0.15) is 0 Å². The van der Waals surface area contributed by atoms with E-state index in [0.29, 0.717) is 0 Å². The zero-order valence-corrected chi connectivity index (χ0v) is 8.88. The molecule has 0 saturated carbocycles. The summed E-state index contributed by atoms with van der Waals surface area (Å²) < 4.78 is 9.56. The molecule has 0 fully saturated rings. The van der Waals surface area contributed by atoms with Crippen LogP contribution in [-0.4, -0.2) is 34.6 Å². The first-order chi connectivity index (χ1) is 5.45. The molecule has 0 saturated heterocycles. The van der Waals surface area contributed by atoms with Crippen LogP contribution >= 0.6 is 0 Å². The molecule has 71 valence electrons. The molecule has 12 heavy (non-hydrogen) atoms. The first-order valence-corrected chi connectivity index (χ1v) is 5.07. The lowest BCUT2D eigenvalue weighted by atomic mass is 10.4. The molecule has 0 aliphatic rings. The van der Waals surface area contributed by atoms with Crippen LogP contribution in [0.4, 0.5) is 0 Å². The van der Waals surface area contributed by atoms with Crippen molar-refractivity contribution in [2.24, 2.45) is 0 Å². The van der Waals surface area contributed by atoms with Crippen molar-refractivity contribution in [2.45, 2.75) is 13.5 Å². The van der Waals surface area contributed by atoms with E-state index in [0.717, 1.165) is 0 Å². The Morgan fingerprint density at radius 3 is 1.67 bits per heavy atom. The van der Waals surface area contributed by atoms with Crippen LogP contribution in [0.3, 0.4) is 0 Å². The van der Waals surface area contributed by atoms with E-state index in [2.05, 4.69) is 6.58 Å². The number of rotatable bonds is 3. The molecular formula is C7H15O4Si. The summed E-state index contributed by atoms with van der Waals surface area (Å²) in [6, 6.07) is 0. The van der Waals surface area contributed by atoms with Gasteiger partial charge in [0.1, 0.15) is 0 Å². The van der Waals surface area contributed by atoms with Crippen LogP contribution in [0.5, 0.6) is 0 Å². The van der Waals surface area contributed by atoms with Gasteiger partial charge in [-0.25, -0.2) is 4.79 Å². The number of hydrogen-bond donors (Lipinski definition) is 1. The molecule has 1 radical (unpaired) electrons. The van der Waals surface area contributed by atoms with Gasteiger partial charge in [-0.1, -0.05) is 6.58 Å². The van der Waals surface area contributed by atoms with E-state index in [-0.39, 0.29) is 5.57 Å². The highest BCUT2D eigenvalue weighted by Gasteiger charge is 1.97. The van der Waals surface area contributed by atoms with E-state index in [4.69, 9.17) is 14.0 Å². The molecule has 0 aromatic carbocycles. The average Bonchev–Trinajstić information content (AvgIpc) is 2.04. The van der Waals surface area contributed by atoms with Crippen molar-refractivity contribution < 1.29 is 18.8 Å². The number of carboxylic acids is 1. The molecule has 0 amide bonds. The van der Waals surface area contributed by atoms with Gasteiger partial charge >= 0.3 is 15.3 Å². The van der Waals surface area contributed by atoms with E-state index in [1.165, 1.54) is 6.92 Å². The molecule has 0 bridgehead atoms. The molecule has 1 N–H and O–H groups in total. The minimum atomic E-state index is -0.935. The molecule has 0 heterocycles. The van der Waals surface area contributed by atoms with Crippen molar-refractivity contribution in [3.8, 4) is 0 Å². The molecule has 0 unspecified atom stereocenters. The average molecular weight is 191 g/mol. The lowest BCUT2D eigenvalue weighted by molar-refractivity contribution is -0.132. The maximum Gasteiger partial charge on any atom is 0.380 e. The van der Waals surface area contributed by atoms with Gasteiger partial charge in [0.25, 0.3) is 0 Å². The highest BCUT2D eigenvalue weighted by molar-refractivity contribution is 6.42. The minimum absolute atomic E-state index is 0.176. The summed E-state index contributed by atoms with van der Waals surface area (Å²) >= 11 is 0. The molecule has 0 rings (SSSR count). The third-order valence-corrected chi connectivity index (χ3v) is 2.09. The van der Waals surface area contributed by atoms with Crippen LogP contribution in [0.15, 0.2) is 12.2 Å². The summed E-state index contributed by atoms with van der Waals surface area (Å²) in [6.07, 6.45) is 0. The van der Waals surface area contributed by atoms with Gasteiger partial charge in [0.2, 0.25) is 0 Å². The predicted octanol–water partition coefficient (Wildman–Crippen LogP) is 1.04. The molecule has 0 aliphatic heterocycles. The van der Waals surface area contributed by atoms with Crippen molar-refractivity contribution in [3.63, 3.8) is 0 Å². The Morgan fingerprint density at radius 1 is 1.42 bits per heavy atom. The lowest BCUT2D eigenvalue weighted by Gasteiger charge is -1.98. The fourth-order valence-corrected chi connectivity index (χ4v) is 0.250. The Bertz CT molecular complexity index is 130. The van der Waals surface area contributed by atoms with Crippen molar-refractivity contribution in [1.29, 1.82) is 0 Å². The summed E-state index contributed by atoms with van der Waals surface area (Å²) in [6.45, 7) is 6.54. The lowest BCUT2D eigenvalue weighted by Crippen LogP contribution is -2.12. The zero-order valence-electron chi connectivity index (χ0n) is 7.88. The van der Waals surface area contributed by atoms with E-state index in [1.54, 1.807) is 14.2 Å². The fraction of sp³-hybridized carbons (Fsp3) is 0.571. The maximum absolute atomic E-state index is 9.60. The SMILES string of the molecule is C=C(C)C(=O)O.CO[Si](C)OC. The van der Waals surface area contributed by atoms with Crippen molar-refractivity contribution in [2.75, 3.05) is 14.2 Å². The third-order valence-electron chi connectivity index (χ3n) is 0.940. The minimum Gasteiger partial charge on any atom is -0.478 e. The summed E-state index contributed by atoms with van der Waals surface area (Å²) in [4.78, 5) is 9.60. The largest absolute Gasteiger partial charge is 0.478 e. The van der Waals surface area contributed by atoms with Crippen LogP contribution in [0.2, 0.25) is 6.55 Å². The van der Waals surface area contributed by atoms with Gasteiger partial charge < -0.3 is 14.0 Å². The monoisotopic (exact) mass is 191 g/mol. The molecular weight excluding hydrogens is 176 g/mol. The van der Waals surface area contributed by atoms with Crippen LogP contribution in [0.25, 0.3) is 0 Å². The highest BCUT2D eigenvalue weighted by Crippen LogP contribution is 1.81. The van der Waals surface area contributed by atoms with Crippen molar-refractivity contribution in [1.82, 2.24) is 0 Å². The van der Waals surface area contributed by atoms with Gasteiger partial charge in [-0.15, -0.1) is 0 Å². The van der Waals surface area contributed by atoms with Crippen LogP contribution in [0, 0.1) is 0 Å². The Morgan fingerprint density at radius 2 is 1.67 bits per heavy atom.